The van der Waals surface area contributed by atoms with Crippen LogP contribution in [-0.2, 0) is 0 Å². The fraction of sp³-hybridized carbons (Fsp3) is 1.00. The van der Waals surface area contributed by atoms with E-state index in [2.05, 4.69) is 22.5 Å². The predicted octanol–water partition coefficient (Wildman–Crippen LogP) is 1.59. The van der Waals surface area contributed by atoms with Crippen LogP contribution in [0.15, 0.2) is 0 Å². The number of piperidine rings is 1. The van der Waals surface area contributed by atoms with Crippen LogP contribution in [0, 0.1) is 0 Å². The van der Waals surface area contributed by atoms with Gasteiger partial charge in [-0.1, -0.05) is 6.42 Å². The SMILES string of the molecule is CC(CN1CCCCC1)NC1CCCNCC1. The third-order valence-electron chi connectivity index (χ3n) is 4.08. The van der Waals surface area contributed by atoms with E-state index in [4.69, 9.17) is 0 Å². The molecule has 0 aromatic heterocycles. The van der Waals surface area contributed by atoms with Crippen LogP contribution in [0.1, 0.15) is 45.4 Å². The standard InChI is InChI=1S/C14H29N3/c1-13(12-17-10-3-2-4-11-17)16-14-6-5-8-15-9-7-14/h13-16H,2-12H2,1H3. The normalized spacial score (nSPS) is 29.8. The van der Waals surface area contributed by atoms with Gasteiger partial charge in [-0.05, 0) is 65.2 Å². The highest BCUT2D eigenvalue weighted by Crippen LogP contribution is 2.10. The summed E-state index contributed by atoms with van der Waals surface area (Å²) in [4.78, 5) is 2.64. The molecule has 2 aliphatic heterocycles. The summed E-state index contributed by atoms with van der Waals surface area (Å²) in [6.07, 6.45) is 8.21. The molecule has 2 fully saturated rings. The molecule has 3 nitrogen and oxygen atoms in total. The highest BCUT2D eigenvalue weighted by molar-refractivity contribution is 4.78. The first-order valence-corrected chi connectivity index (χ1v) is 7.54. The van der Waals surface area contributed by atoms with Gasteiger partial charge in [0.25, 0.3) is 0 Å². The molecule has 2 N–H and O–H groups in total. The lowest BCUT2D eigenvalue weighted by molar-refractivity contribution is 0.202. The molecule has 2 saturated heterocycles. The highest BCUT2D eigenvalue weighted by Gasteiger charge is 2.17. The van der Waals surface area contributed by atoms with Crippen molar-refractivity contribution >= 4 is 0 Å². The minimum atomic E-state index is 0.649. The van der Waals surface area contributed by atoms with Crippen molar-refractivity contribution in [2.24, 2.45) is 0 Å². The molecule has 0 saturated carbocycles. The Labute approximate surface area is 106 Å². The summed E-state index contributed by atoms with van der Waals surface area (Å²) in [5.74, 6) is 0. The van der Waals surface area contributed by atoms with E-state index in [0.29, 0.717) is 6.04 Å². The molecule has 0 radical (unpaired) electrons. The summed E-state index contributed by atoms with van der Waals surface area (Å²) in [5.41, 5.74) is 0. The van der Waals surface area contributed by atoms with E-state index >= 15 is 0 Å². The van der Waals surface area contributed by atoms with E-state index in [9.17, 15) is 0 Å². The summed E-state index contributed by atoms with van der Waals surface area (Å²) >= 11 is 0. The zero-order valence-corrected chi connectivity index (χ0v) is 11.4. The molecule has 0 spiro atoms. The maximum atomic E-state index is 3.82. The van der Waals surface area contributed by atoms with Gasteiger partial charge in [-0.25, -0.2) is 0 Å². The Morgan fingerprint density at radius 1 is 1.12 bits per heavy atom. The number of nitrogens with zero attached hydrogens (tertiary/aromatic N) is 1. The quantitative estimate of drug-likeness (QED) is 0.780. The number of hydrogen-bond acceptors (Lipinski definition) is 3. The van der Waals surface area contributed by atoms with Crippen LogP contribution in [0.25, 0.3) is 0 Å². The lowest BCUT2D eigenvalue weighted by Crippen LogP contribution is -2.45. The van der Waals surface area contributed by atoms with Crippen molar-refractivity contribution in [2.75, 3.05) is 32.7 Å². The number of rotatable bonds is 4. The fourth-order valence-electron chi connectivity index (χ4n) is 3.17. The molecule has 3 heteroatoms. The molecule has 2 heterocycles. The van der Waals surface area contributed by atoms with Gasteiger partial charge in [0, 0.05) is 18.6 Å². The van der Waals surface area contributed by atoms with Gasteiger partial charge in [0.1, 0.15) is 0 Å². The van der Waals surface area contributed by atoms with Crippen LogP contribution < -0.4 is 10.6 Å². The zero-order chi connectivity index (χ0) is 11.9. The molecule has 0 aromatic carbocycles. The van der Waals surface area contributed by atoms with Crippen molar-refractivity contribution < 1.29 is 0 Å². The molecule has 2 unspecified atom stereocenters. The van der Waals surface area contributed by atoms with Gasteiger partial charge >= 0.3 is 0 Å². The van der Waals surface area contributed by atoms with E-state index in [1.165, 1.54) is 71.2 Å². The van der Waals surface area contributed by atoms with Crippen LogP contribution in [-0.4, -0.2) is 49.7 Å². The molecule has 0 aliphatic carbocycles. The van der Waals surface area contributed by atoms with Crippen molar-refractivity contribution in [3.05, 3.63) is 0 Å². The number of likely N-dealkylation sites (tertiary alicyclic amines) is 1. The maximum absolute atomic E-state index is 3.82. The third kappa shape index (κ3) is 4.94. The first-order chi connectivity index (χ1) is 8.34. The predicted molar refractivity (Wildman–Crippen MR) is 73.4 cm³/mol. The van der Waals surface area contributed by atoms with Gasteiger partial charge in [-0.2, -0.15) is 0 Å². The van der Waals surface area contributed by atoms with Crippen LogP contribution in [0.2, 0.25) is 0 Å². The Morgan fingerprint density at radius 3 is 2.76 bits per heavy atom. The van der Waals surface area contributed by atoms with Gasteiger partial charge in [0.15, 0.2) is 0 Å². The molecular formula is C14H29N3. The van der Waals surface area contributed by atoms with Crippen LogP contribution in [0.4, 0.5) is 0 Å². The summed E-state index contributed by atoms with van der Waals surface area (Å²) in [5, 5.41) is 7.31. The van der Waals surface area contributed by atoms with Gasteiger partial charge in [0.05, 0.1) is 0 Å². The molecule has 0 amide bonds. The van der Waals surface area contributed by atoms with Crippen molar-refractivity contribution in [1.82, 2.24) is 15.5 Å². The van der Waals surface area contributed by atoms with Crippen molar-refractivity contribution in [2.45, 2.75) is 57.5 Å². The summed E-state index contributed by atoms with van der Waals surface area (Å²) in [6.45, 7) is 8.63. The Kier molecular flexibility index (Phi) is 5.75. The Morgan fingerprint density at radius 2 is 1.94 bits per heavy atom. The molecule has 0 bridgehead atoms. The van der Waals surface area contributed by atoms with Gasteiger partial charge in [-0.3, -0.25) is 0 Å². The average Bonchev–Trinajstić information content (AvgIpc) is 2.59. The largest absolute Gasteiger partial charge is 0.317 e. The average molecular weight is 239 g/mol. The van der Waals surface area contributed by atoms with E-state index in [-0.39, 0.29) is 0 Å². The first-order valence-electron chi connectivity index (χ1n) is 7.54. The van der Waals surface area contributed by atoms with E-state index < -0.39 is 0 Å². The van der Waals surface area contributed by atoms with Crippen molar-refractivity contribution in [1.29, 1.82) is 0 Å². The topological polar surface area (TPSA) is 27.3 Å². The molecular weight excluding hydrogens is 210 g/mol. The van der Waals surface area contributed by atoms with Gasteiger partial charge < -0.3 is 15.5 Å². The Bertz CT molecular complexity index is 194. The smallest absolute Gasteiger partial charge is 0.0169 e. The van der Waals surface area contributed by atoms with Crippen LogP contribution >= 0.6 is 0 Å². The third-order valence-corrected chi connectivity index (χ3v) is 4.08. The van der Waals surface area contributed by atoms with E-state index in [0.717, 1.165) is 6.04 Å². The summed E-state index contributed by atoms with van der Waals surface area (Å²) < 4.78 is 0. The molecule has 0 aromatic rings. The summed E-state index contributed by atoms with van der Waals surface area (Å²) in [7, 11) is 0. The minimum absolute atomic E-state index is 0.649. The molecule has 2 aliphatic rings. The van der Waals surface area contributed by atoms with Gasteiger partial charge in [0.2, 0.25) is 0 Å². The van der Waals surface area contributed by atoms with Crippen molar-refractivity contribution in [3.63, 3.8) is 0 Å². The lowest BCUT2D eigenvalue weighted by atomic mass is 10.1. The second-order valence-corrected chi connectivity index (χ2v) is 5.81. The highest BCUT2D eigenvalue weighted by atomic mass is 15.2. The monoisotopic (exact) mass is 239 g/mol. The van der Waals surface area contributed by atoms with E-state index in [1.807, 2.05) is 0 Å². The maximum Gasteiger partial charge on any atom is 0.0169 e. The zero-order valence-electron chi connectivity index (χ0n) is 11.4. The lowest BCUT2D eigenvalue weighted by Gasteiger charge is -2.31. The number of hydrogen-bond donors (Lipinski definition) is 2. The second-order valence-electron chi connectivity index (χ2n) is 5.81. The molecule has 17 heavy (non-hydrogen) atoms. The molecule has 2 rings (SSSR count). The molecule has 100 valence electrons. The Hall–Kier alpha value is -0.120. The minimum Gasteiger partial charge on any atom is -0.317 e. The number of nitrogens with one attached hydrogen (secondary N) is 2. The van der Waals surface area contributed by atoms with Crippen LogP contribution in [0.5, 0.6) is 0 Å². The molecule has 2 atom stereocenters. The fourth-order valence-corrected chi connectivity index (χ4v) is 3.17. The Balaban J connectivity index is 1.66. The second kappa shape index (κ2) is 7.34. The van der Waals surface area contributed by atoms with Crippen LogP contribution in [0.3, 0.4) is 0 Å². The van der Waals surface area contributed by atoms with Crippen molar-refractivity contribution in [3.8, 4) is 0 Å². The summed E-state index contributed by atoms with van der Waals surface area (Å²) in [6, 6.07) is 1.39. The van der Waals surface area contributed by atoms with E-state index in [1.54, 1.807) is 0 Å². The first kappa shape index (κ1) is 13.3. The van der Waals surface area contributed by atoms with Gasteiger partial charge in [-0.15, -0.1) is 0 Å².